The van der Waals surface area contributed by atoms with E-state index in [0.29, 0.717) is 15.4 Å². The van der Waals surface area contributed by atoms with Crippen LogP contribution in [-0.2, 0) is 4.74 Å². The first kappa shape index (κ1) is 11.7. The summed E-state index contributed by atoms with van der Waals surface area (Å²) in [6.45, 7) is 0. The van der Waals surface area contributed by atoms with Crippen LogP contribution in [0.15, 0.2) is 16.7 Å². The summed E-state index contributed by atoms with van der Waals surface area (Å²) < 4.78 is 9.74. The van der Waals surface area contributed by atoms with E-state index in [-0.39, 0.29) is 5.69 Å². The molecule has 0 aliphatic carbocycles. The van der Waals surface area contributed by atoms with E-state index in [9.17, 15) is 10.0 Å². The van der Waals surface area contributed by atoms with Gasteiger partial charge in [0, 0.05) is 0 Å². The predicted octanol–water partition coefficient (Wildman–Crippen LogP) is 1.81. The lowest BCUT2D eigenvalue weighted by molar-refractivity contribution is 0.141. The average molecular weight is 277 g/mol. The van der Waals surface area contributed by atoms with Crippen LogP contribution in [0.25, 0.3) is 0 Å². The first-order valence-electron chi connectivity index (χ1n) is 3.86. The molecule has 0 radical (unpaired) electrons. The Morgan fingerprint density at radius 3 is 2.73 bits per heavy atom. The van der Waals surface area contributed by atoms with E-state index in [1.807, 2.05) is 0 Å². The molecule has 7 heteroatoms. The van der Waals surface area contributed by atoms with E-state index in [4.69, 9.17) is 4.74 Å². The number of ether oxygens (including phenoxy) is 2. The molecule has 15 heavy (non-hydrogen) atoms. The predicted molar refractivity (Wildman–Crippen MR) is 55.2 cm³/mol. The van der Waals surface area contributed by atoms with E-state index >= 15 is 0 Å². The molecule has 82 valence electrons. The molecular formula is C8H9BrN2O4. The number of hydrogen-bond donors (Lipinski definition) is 1. The van der Waals surface area contributed by atoms with Crippen molar-refractivity contribution >= 4 is 27.7 Å². The fourth-order valence-electron chi connectivity index (χ4n) is 0.873. The van der Waals surface area contributed by atoms with E-state index in [2.05, 4.69) is 25.7 Å². The summed E-state index contributed by atoms with van der Waals surface area (Å²) in [5.74, 6) is 0.358. The quantitative estimate of drug-likeness (QED) is 0.659. The molecule has 0 spiro atoms. The number of rotatable bonds is 2. The number of methoxy groups -OCH3 is 2. The molecule has 1 rings (SSSR count). The maximum absolute atomic E-state index is 11.0. The molecule has 1 heterocycles. The highest BCUT2D eigenvalue weighted by Gasteiger charge is 2.15. The van der Waals surface area contributed by atoms with E-state index in [0.717, 1.165) is 7.11 Å². The third kappa shape index (κ3) is 2.57. The molecule has 0 saturated carbocycles. The first-order chi connectivity index (χ1) is 7.10. The number of hydrogen-bond acceptors (Lipinski definition) is 5. The Hall–Kier alpha value is -1.34. The maximum Gasteiger partial charge on any atom is 0.438 e. The molecule has 6 nitrogen and oxygen atoms in total. The molecule has 1 amide bonds. The molecular weight excluding hydrogens is 268 g/mol. The lowest BCUT2D eigenvalue weighted by atomic mass is 10.4. The van der Waals surface area contributed by atoms with Crippen LogP contribution >= 0.6 is 15.9 Å². The van der Waals surface area contributed by atoms with Crippen molar-refractivity contribution in [1.29, 1.82) is 0 Å². The monoisotopic (exact) mass is 276 g/mol. The van der Waals surface area contributed by atoms with Crippen molar-refractivity contribution in [1.82, 2.24) is 4.98 Å². The van der Waals surface area contributed by atoms with Crippen LogP contribution in [0.3, 0.4) is 0 Å². The Labute approximate surface area is 94.5 Å². The summed E-state index contributed by atoms with van der Waals surface area (Å²) in [6.07, 6.45) is 0.384. The normalized spacial score (nSPS) is 9.60. The summed E-state index contributed by atoms with van der Waals surface area (Å²) in [6, 6.07) is 1.47. The third-order valence-corrected chi connectivity index (χ3v) is 2.15. The lowest BCUT2D eigenvalue weighted by Crippen LogP contribution is -2.26. The average Bonchev–Trinajstić information content (AvgIpc) is 2.26. The fourth-order valence-corrected chi connectivity index (χ4v) is 1.37. The number of anilines is 1. The Morgan fingerprint density at radius 1 is 1.60 bits per heavy atom. The molecule has 0 atom stereocenters. The van der Waals surface area contributed by atoms with Crippen LogP contribution in [0, 0.1) is 0 Å². The van der Waals surface area contributed by atoms with Crippen LogP contribution in [-0.4, -0.2) is 30.5 Å². The van der Waals surface area contributed by atoms with Gasteiger partial charge >= 0.3 is 6.09 Å². The molecule has 0 bridgehead atoms. The van der Waals surface area contributed by atoms with Gasteiger partial charge in [-0.1, -0.05) is 0 Å². The number of carbonyl (C=O) groups excluding carboxylic acids is 1. The van der Waals surface area contributed by atoms with Crippen LogP contribution in [0.4, 0.5) is 10.5 Å². The largest absolute Gasteiger partial charge is 0.480 e. The highest BCUT2D eigenvalue weighted by atomic mass is 79.9. The minimum absolute atomic E-state index is 0.175. The number of hydroxylamine groups is 1. The van der Waals surface area contributed by atoms with Crippen LogP contribution in [0.2, 0.25) is 0 Å². The van der Waals surface area contributed by atoms with Gasteiger partial charge in [-0.3, -0.25) is 5.21 Å². The topological polar surface area (TPSA) is 71.9 Å². The van der Waals surface area contributed by atoms with E-state index in [1.165, 1.54) is 19.4 Å². The van der Waals surface area contributed by atoms with Crippen molar-refractivity contribution in [2.45, 2.75) is 0 Å². The maximum atomic E-state index is 11.0. The van der Waals surface area contributed by atoms with Crippen molar-refractivity contribution in [2.75, 3.05) is 19.3 Å². The van der Waals surface area contributed by atoms with Crippen molar-refractivity contribution in [3.63, 3.8) is 0 Å². The summed E-state index contributed by atoms with van der Waals surface area (Å²) >= 11 is 3.17. The second-order valence-electron chi connectivity index (χ2n) is 2.47. The van der Waals surface area contributed by atoms with Gasteiger partial charge in [-0.25, -0.2) is 9.78 Å². The summed E-state index contributed by atoms with van der Waals surface area (Å²) in [7, 11) is 2.63. The van der Waals surface area contributed by atoms with Gasteiger partial charge in [0.1, 0.15) is 0 Å². The van der Waals surface area contributed by atoms with Gasteiger partial charge < -0.3 is 9.47 Å². The fraction of sp³-hybridized carbons (Fsp3) is 0.250. The molecule has 1 aromatic heterocycles. The number of amides is 1. The Kier molecular flexibility index (Phi) is 3.87. The molecule has 0 unspecified atom stereocenters. The van der Waals surface area contributed by atoms with Gasteiger partial charge in [-0.15, -0.1) is 0 Å². The van der Waals surface area contributed by atoms with Gasteiger partial charge in [-0.05, 0) is 22.0 Å². The number of nitrogens with zero attached hydrogens (tertiary/aromatic N) is 2. The molecule has 0 fully saturated rings. The van der Waals surface area contributed by atoms with Crippen molar-refractivity contribution in [2.24, 2.45) is 0 Å². The standard InChI is InChI=1S/C8H9BrN2O4/c1-14-7-6(9)3-5(4-10-7)11(13)8(12)15-2/h3-4,13H,1-2H3. The van der Waals surface area contributed by atoms with Crippen LogP contribution in [0.1, 0.15) is 0 Å². The Bertz CT molecular complexity index is 372. The van der Waals surface area contributed by atoms with Gasteiger partial charge in [0.25, 0.3) is 0 Å². The molecule has 0 aromatic carbocycles. The summed E-state index contributed by atoms with van der Waals surface area (Å²) in [5, 5.41) is 9.68. The first-order valence-corrected chi connectivity index (χ1v) is 4.66. The number of pyridine rings is 1. The van der Waals surface area contributed by atoms with Crippen LogP contribution in [0.5, 0.6) is 5.88 Å². The SMILES string of the molecule is COC(=O)N(O)c1cnc(OC)c(Br)c1. The summed E-state index contributed by atoms with van der Waals surface area (Å²) in [4.78, 5) is 14.8. The van der Waals surface area contributed by atoms with Gasteiger partial charge in [0.05, 0.1) is 30.6 Å². The van der Waals surface area contributed by atoms with E-state index < -0.39 is 6.09 Å². The van der Waals surface area contributed by atoms with Crippen LogP contribution < -0.4 is 9.80 Å². The summed E-state index contributed by atoms with van der Waals surface area (Å²) in [5.41, 5.74) is 0.175. The smallest absolute Gasteiger partial charge is 0.438 e. The Morgan fingerprint density at radius 2 is 2.27 bits per heavy atom. The van der Waals surface area contributed by atoms with Gasteiger partial charge in [-0.2, -0.15) is 5.06 Å². The number of aromatic nitrogens is 1. The highest BCUT2D eigenvalue weighted by Crippen LogP contribution is 2.26. The zero-order valence-corrected chi connectivity index (χ0v) is 9.69. The van der Waals surface area contributed by atoms with E-state index in [1.54, 1.807) is 0 Å². The van der Waals surface area contributed by atoms with Gasteiger partial charge in [0.15, 0.2) is 0 Å². The minimum Gasteiger partial charge on any atom is -0.480 e. The molecule has 0 aliphatic rings. The number of halogens is 1. The zero-order valence-electron chi connectivity index (χ0n) is 8.10. The molecule has 1 aromatic rings. The Balaban J connectivity index is 2.97. The molecule has 0 aliphatic heterocycles. The van der Waals surface area contributed by atoms with Crippen molar-refractivity contribution in [3.8, 4) is 5.88 Å². The second-order valence-corrected chi connectivity index (χ2v) is 3.32. The zero-order chi connectivity index (χ0) is 11.4. The highest BCUT2D eigenvalue weighted by molar-refractivity contribution is 9.10. The lowest BCUT2D eigenvalue weighted by Gasteiger charge is -2.13. The third-order valence-electron chi connectivity index (χ3n) is 1.58. The number of carbonyl (C=O) groups is 1. The van der Waals surface area contributed by atoms with Crippen molar-refractivity contribution < 1.29 is 19.5 Å². The molecule has 1 N–H and O–H groups in total. The minimum atomic E-state index is -0.895. The van der Waals surface area contributed by atoms with Crippen molar-refractivity contribution in [3.05, 3.63) is 16.7 Å². The van der Waals surface area contributed by atoms with Gasteiger partial charge in [0.2, 0.25) is 5.88 Å². The second kappa shape index (κ2) is 4.94. The molecule has 0 saturated heterocycles.